The lowest BCUT2D eigenvalue weighted by Gasteiger charge is -1.83. The van der Waals surface area contributed by atoms with Gasteiger partial charge in [0.2, 0.25) is 5.92 Å². The van der Waals surface area contributed by atoms with Crippen LogP contribution in [0.4, 0.5) is 0 Å². The zero-order valence-electron chi connectivity index (χ0n) is 5.24. The first-order valence-electron chi connectivity index (χ1n) is 2.24. The number of hydrogen-bond donors (Lipinski definition) is 1. The topological polar surface area (TPSA) is 84.9 Å². The van der Waals surface area contributed by atoms with E-state index >= 15 is 0 Å². The van der Waals surface area contributed by atoms with Gasteiger partial charge in [0.15, 0.2) is 0 Å². The second-order valence-corrected chi connectivity index (χ2v) is 1.03. The van der Waals surface area contributed by atoms with E-state index in [0.717, 1.165) is 0 Å². The van der Waals surface area contributed by atoms with Crippen LogP contribution >= 0.6 is 0 Å². The molecular formula is C6H6N2O2. The molecule has 0 saturated carbocycles. The fourth-order valence-electron chi connectivity index (χ4n) is 0.139. The molecule has 0 aliphatic carbocycles. The van der Waals surface area contributed by atoms with Gasteiger partial charge in [-0.3, -0.25) is 0 Å². The molecule has 0 fully saturated rings. The van der Waals surface area contributed by atoms with Gasteiger partial charge in [-0.2, -0.15) is 10.5 Å². The highest BCUT2D eigenvalue weighted by Gasteiger charge is 2.13. The average Bonchev–Trinajstić information content (AvgIpc) is 1.94. The fourth-order valence-corrected chi connectivity index (χ4v) is 0.139. The van der Waals surface area contributed by atoms with Gasteiger partial charge >= 0.3 is 5.97 Å². The van der Waals surface area contributed by atoms with Crippen molar-refractivity contribution in [3.05, 3.63) is 13.2 Å². The second kappa shape index (κ2) is 7.19. The van der Waals surface area contributed by atoms with Crippen LogP contribution in [-0.2, 0) is 4.79 Å². The van der Waals surface area contributed by atoms with Crippen molar-refractivity contribution in [1.29, 1.82) is 10.5 Å². The van der Waals surface area contributed by atoms with E-state index in [-0.39, 0.29) is 0 Å². The van der Waals surface area contributed by atoms with Gasteiger partial charge in [0, 0.05) is 0 Å². The van der Waals surface area contributed by atoms with Gasteiger partial charge in [-0.05, 0) is 0 Å². The molecule has 52 valence electrons. The predicted octanol–water partition coefficient (Wildman–Crippen LogP) is 0.537. The van der Waals surface area contributed by atoms with E-state index in [1.165, 1.54) is 12.1 Å². The minimum Gasteiger partial charge on any atom is -0.479 e. The van der Waals surface area contributed by atoms with Crippen LogP contribution in [0.1, 0.15) is 0 Å². The Morgan fingerprint density at radius 2 is 1.70 bits per heavy atom. The van der Waals surface area contributed by atoms with Crippen LogP contribution in [0.15, 0.2) is 13.2 Å². The third kappa shape index (κ3) is 4.35. The van der Waals surface area contributed by atoms with E-state index < -0.39 is 11.9 Å². The van der Waals surface area contributed by atoms with E-state index in [1.54, 1.807) is 0 Å². The molecule has 0 saturated heterocycles. The summed E-state index contributed by atoms with van der Waals surface area (Å²) in [6.07, 6.45) is 0. The lowest BCUT2D eigenvalue weighted by Crippen LogP contribution is -2.07. The summed E-state index contributed by atoms with van der Waals surface area (Å²) in [4.78, 5) is 9.72. The van der Waals surface area contributed by atoms with Crippen molar-refractivity contribution in [2.45, 2.75) is 0 Å². The van der Waals surface area contributed by atoms with Gasteiger partial charge in [-0.25, -0.2) is 4.79 Å². The van der Waals surface area contributed by atoms with Gasteiger partial charge in [0.05, 0.1) is 12.1 Å². The molecule has 0 bridgehead atoms. The summed E-state index contributed by atoms with van der Waals surface area (Å²) in [5.74, 6) is -2.91. The summed E-state index contributed by atoms with van der Waals surface area (Å²) >= 11 is 0. The molecule has 0 heterocycles. The largest absolute Gasteiger partial charge is 0.479 e. The number of aliphatic carboxylic acids is 1. The van der Waals surface area contributed by atoms with Gasteiger partial charge in [0.25, 0.3) is 0 Å². The van der Waals surface area contributed by atoms with E-state index in [1.807, 2.05) is 0 Å². The lowest BCUT2D eigenvalue weighted by atomic mass is 10.2. The van der Waals surface area contributed by atoms with Crippen LogP contribution in [0, 0.1) is 28.6 Å². The molecule has 0 aromatic rings. The van der Waals surface area contributed by atoms with Crippen molar-refractivity contribution in [2.24, 2.45) is 5.92 Å². The van der Waals surface area contributed by atoms with Crippen molar-refractivity contribution in [3.63, 3.8) is 0 Å². The van der Waals surface area contributed by atoms with Crippen LogP contribution in [0.2, 0.25) is 0 Å². The van der Waals surface area contributed by atoms with Gasteiger partial charge < -0.3 is 5.11 Å². The fraction of sp³-hybridized carbons (Fsp3) is 0.167. The molecule has 10 heavy (non-hydrogen) atoms. The maximum Gasteiger partial charge on any atom is 0.335 e. The molecule has 0 atom stereocenters. The van der Waals surface area contributed by atoms with Crippen LogP contribution in [0.3, 0.4) is 0 Å². The van der Waals surface area contributed by atoms with Crippen molar-refractivity contribution in [3.8, 4) is 12.1 Å². The Bertz CT molecular complexity index is 173. The Kier molecular flexibility index (Phi) is 7.94. The van der Waals surface area contributed by atoms with E-state index in [9.17, 15) is 4.79 Å². The van der Waals surface area contributed by atoms with Crippen molar-refractivity contribution >= 4 is 5.97 Å². The first kappa shape index (κ1) is 11.0. The van der Waals surface area contributed by atoms with Crippen molar-refractivity contribution < 1.29 is 9.90 Å². The zero-order chi connectivity index (χ0) is 8.57. The molecule has 0 radical (unpaired) electrons. The van der Waals surface area contributed by atoms with E-state index in [4.69, 9.17) is 15.6 Å². The predicted molar refractivity (Wildman–Crippen MR) is 33.6 cm³/mol. The zero-order valence-corrected chi connectivity index (χ0v) is 5.24. The van der Waals surface area contributed by atoms with Gasteiger partial charge in [0.1, 0.15) is 0 Å². The maximum absolute atomic E-state index is 9.72. The normalized spacial score (nSPS) is 6.30. The van der Waals surface area contributed by atoms with E-state index in [2.05, 4.69) is 13.2 Å². The van der Waals surface area contributed by atoms with Crippen LogP contribution in [0.5, 0.6) is 0 Å². The standard InChI is InChI=1S/C4H2N2O2.C2H4/c5-1-3(2-6)4(7)8;1-2/h3H,(H,7,8);1-2H2. The number of hydrogen-bond acceptors (Lipinski definition) is 3. The Morgan fingerprint density at radius 3 is 1.70 bits per heavy atom. The molecule has 4 heteroatoms. The SMILES string of the molecule is C=C.N#CC(C#N)C(=O)O. The minimum absolute atomic E-state index is 1.29. The monoisotopic (exact) mass is 138 g/mol. The Balaban J connectivity index is 0. The Morgan fingerprint density at radius 1 is 1.40 bits per heavy atom. The third-order valence-electron chi connectivity index (χ3n) is 0.505. The molecule has 0 amide bonds. The van der Waals surface area contributed by atoms with Crippen LogP contribution in [0.25, 0.3) is 0 Å². The summed E-state index contributed by atoms with van der Waals surface area (Å²) in [5.41, 5.74) is 0. The minimum atomic E-state index is -1.52. The molecule has 0 aliphatic rings. The highest BCUT2D eigenvalue weighted by molar-refractivity contribution is 5.75. The highest BCUT2D eigenvalue weighted by atomic mass is 16.4. The molecule has 0 aromatic carbocycles. The van der Waals surface area contributed by atoms with Crippen LogP contribution < -0.4 is 0 Å². The summed E-state index contributed by atoms with van der Waals surface area (Å²) < 4.78 is 0. The number of carbonyl (C=O) groups is 1. The van der Waals surface area contributed by atoms with Crippen LogP contribution in [-0.4, -0.2) is 11.1 Å². The Labute approximate surface area is 58.6 Å². The molecule has 0 unspecified atom stereocenters. The maximum atomic E-state index is 9.72. The summed E-state index contributed by atoms with van der Waals surface area (Å²) in [5, 5.41) is 23.6. The summed E-state index contributed by atoms with van der Waals surface area (Å²) in [6, 6.07) is 2.58. The number of nitrogens with zero attached hydrogens (tertiary/aromatic N) is 2. The Hall–Kier alpha value is -1.81. The number of carboxylic acids is 1. The third-order valence-corrected chi connectivity index (χ3v) is 0.505. The number of carboxylic acid groups (broad SMARTS) is 1. The van der Waals surface area contributed by atoms with Crippen molar-refractivity contribution in [2.75, 3.05) is 0 Å². The van der Waals surface area contributed by atoms with Gasteiger partial charge in [-0.1, -0.05) is 0 Å². The summed E-state index contributed by atoms with van der Waals surface area (Å²) in [6.45, 7) is 6.00. The molecule has 4 nitrogen and oxygen atoms in total. The molecule has 0 aromatic heterocycles. The first-order chi connectivity index (χ1) is 4.72. The molecule has 0 rings (SSSR count). The van der Waals surface area contributed by atoms with Crippen molar-refractivity contribution in [1.82, 2.24) is 0 Å². The van der Waals surface area contributed by atoms with Gasteiger partial charge in [-0.15, -0.1) is 13.2 Å². The lowest BCUT2D eigenvalue weighted by molar-refractivity contribution is -0.138. The molecule has 0 spiro atoms. The average molecular weight is 138 g/mol. The quantitative estimate of drug-likeness (QED) is 0.535. The molecule has 1 N–H and O–H groups in total. The summed E-state index contributed by atoms with van der Waals surface area (Å²) in [7, 11) is 0. The highest BCUT2D eigenvalue weighted by Crippen LogP contribution is 1.88. The smallest absolute Gasteiger partial charge is 0.335 e. The molecular weight excluding hydrogens is 132 g/mol. The second-order valence-electron chi connectivity index (χ2n) is 1.03. The first-order valence-corrected chi connectivity index (χ1v) is 2.24. The number of rotatable bonds is 1. The number of nitriles is 2. The molecule has 0 aliphatic heterocycles. The van der Waals surface area contributed by atoms with E-state index in [0.29, 0.717) is 0 Å².